The predicted molar refractivity (Wildman–Crippen MR) is 78.4 cm³/mol. The van der Waals surface area contributed by atoms with Crippen LogP contribution < -0.4 is 5.32 Å². The summed E-state index contributed by atoms with van der Waals surface area (Å²) in [4.78, 5) is 11.9. The molecular weight excluding hydrogens is 304 g/mol. The van der Waals surface area contributed by atoms with E-state index in [2.05, 4.69) is 5.32 Å². The Hall–Kier alpha value is -1.15. The van der Waals surface area contributed by atoms with Gasteiger partial charge in [0.25, 0.3) is 0 Å². The molecule has 0 atom stereocenters. The van der Waals surface area contributed by atoms with Crippen LogP contribution in [0.4, 0.5) is 5.69 Å². The molecular formula is C12H17ClN2O4S. The second kappa shape index (κ2) is 7.58. The third-order valence-corrected chi connectivity index (χ3v) is 4.06. The summed E-state index contributed by atoms with van der Waals surface area (Å²) in [6, 6.07) is 6.73. The number of ether oxygens (including phenoxy) is 1. The lowest BCUT2D eigenvalue weighted by molar-refractivity contribution is -0.116. The number of nitrogens with zero attached hydrogens (tertiary/aromatic N) is 1. The Morgan fingerprint density at radius 3 is 2.60 bits per heavy atom. The molecule has 0 saturated heterocycles. The Labute approximate surface area is 123 Å². The Morgan fingerprint density at radius 2 is 2.05 bits per heavy atom. The quantitative estimate of drug-likeness (QED) is 0.818. The van der Waals surface area contributed by atoms with E-state index in [0.29, 0.717) is 10.7 Å². The van der Waals surface area contributed by atoms with Gasteiger partial charge in [-0.25, -0.2) is 8.42 Å². The van der Waals surface area contributed by atoms with Crippen LogP contribution in [0.3, 0.4) is 0 Å². The third kappa shape index (κ3) is 5.46. The fourth-order valence-electron chi connectivity index (χ4n) is 1.47. The van der Waals surface area contributed by atoms with Gasteiger partial charge < -0.3 is 10.1 Å². The number of nitrogens with one attached hydrogen (secondary N) is 1. The smallest absolute Gasteiger partial charge is 0.239 e. The van der Waals surface area contributed by atoms with Gasteiger partial charge in [-0.05, 0) is 12.1 Å². The van der Waals surface area contributed by atoms with Gasteiger partial charge in [0, 0.05) is 13.7 Å². The summed E-state index contributed by atoms with van der Waals surface area (Å²) < 4.78 is 29.0. The van der Waals surface area contributed by atoms with Crippen molar-refractivity contribution in [3.05, 3.63) is 29.3 Å². The van der Waals surface area contributed by atoms with Crippen LogP contribution in [0.1, 0.15) is 0 Å². The summed E-state index contributed by atoms with van der Waals surface area (Å²) in [6.45, 7) is 0.0468. The molecule has 20 heavy (non-hydrogen) atoms. The van der Waals surface area contributed by atoms with E-state index in [-0.39, 0.29) is 19.7 Å². The predicted octanol–water partition coefficient (Wildman–Crippen LogP) is 1.19. The zero-order chi connectivity index (χ0) is 15.2. The van der Waals surface area contributed by atoms with Crippen molar-refractivity contribution >= 4 is 33.2 Å². The highest BCUT2D eigenvalue weighted by atomic mass is 35.5. The van der Waals surface area contributed by atoms with Crippen LogP contribution >= 0.6 is 11.6 Å². The van der Waals surface area contributed by atoms with E-state index in [1.54, 1.807) is 24.3 Å². The highest BCUT2D eigenvalue weighted by Crippen LogP contribution is 2.20. The molecule has 1 aromatic carbocycles. The Kier molecular flexibility index (Phi) is 6.41. The number of halogens is 1. The molecule has 0 aromatic heterocycles. The average molecular weight is 321 g/mol. The molecule has 0 spiro atoms. The van der Waals surface area contributed by atoms with Crippen molar-refractivity contribution in [1.29, 1.82) is 0 Å². The minimum absolute atomic E-state index is 0.116. The van der Waals surface area contributed by atoms with E-state index in [0.717, 1.165) is 10.6 Å². The summed E-state index contributed by atoms with van der Waals surface area (Å²) in [5.74, 6) is -0.459. The van der Waals surface area contributed by atoms with Gasteiger partial charge in [0.2, 0.25) is 15.9 Å². The number of para-hydroxylation sites is 1. The van der Waals surface area contributed by atoms with Crippen molar-refractivity contribution in [2.45, 2.75) is 0 Å². The van der Waals surface area contributed by atoms with Crippen LogP contribution in [0.25, 0.3) is 0 Å². The Bertz CT molecular complexity index is 562. The van der Waals surface area contributed by atoms with Crippen molar-refractivity contribution in [2.75, 3.05) is 38.4 Å². The SMILES string of the molecule is COCCN(CC(=O)Nc1ccccc1Cl)S(C)(=O)=O. The van der Waals surface area contributed by atoms with Gasteiger partial charge in [-0.15, -0.1) is 0 Å². The molecule has 1 aromatic rings. The zero-order valence-corrected chi connectivity index (χ0v) is 12.9. The number of carbonyl (C=O) groups is 1. The largest absolute Gasteiger partial charge is 0.383 e. The number of sulfonamides is 1. The molecule has 112 valence electrons. The molecule has 0 radical (unpaired) electrons. The lowest BCUT2D eigenvalue weighted by Crippen LogP contribution is -2.39. The fraction of sp³-hybridized carbons (Fsp3) is 0.417. The number of hydrogen-bond acceptors (Lipinski definition) is 4. The first kappa shape index (κ1) is 16.9. The molecule has 1 N–H and O–H groups in total. The topological polar surface area (TPSA) is 75.7 Å². The normalized spacial score (nSPS) is 11.6. The van der Waals surface area contributed by atoms with Gasteiger partial charge in [-0.2, -0.15) is 4.31 Å². The van der Waals surface area contributed by atoms with E-state index < -0.39 is 15.9 Å². The number of anilines is 1. The molecule has 1 amide bonds. The van der Waals surface area contributed by atoms with E-state index in [9.17, 15) is 13.2 Å². The molecule has 0 heterocycles. The average Bonchev–Trinajstić information content (AvgIpc) is 2.36. The minimum Gasteiger partial charge on any atom is -0.383 e. The van der Waals surface area contributed by atoms with Gasteiger partial charge in [-0.3, -0.25) is 4.79 Å². The van der Waals surface area contributed by atoms with Crippen molar-refractivity contribution in [3.8, 4) is 0 Å². The van der Waals surface area contributed by atoms with Gasteiger partial charge in [0.1, 0.15) is 0 Å². The molecule has 0 unspecified atom stereocenters. The van der Waals surface area contributed by atoms with Crippen LogP contribution in [0.2, 0.25) is 5.02 Å². The number of benzene rings is 1. The number of rotatable bonds is 7. The maximum Gasteiger partial charge on any atom is 0.239 e. The molecule has 0 bridgehead atoms. The summed E-state index contributed by atoms with van der Waals surface area (Å²) in [7, 11) is -2.01. The van der Waals surface area contributed by atoms with E-state index in [1.165, 1.54) is 7.11 Å². The van der Waals surface area contributed by atoms with Crippen LogP contribution in [-0.2, 0) is 19.6 Å². The molecule has 1 rings (SSSR count). The minimum atomic E-state index is -3.48. The van der Waals surface area contributed by atoms with Crippen molar-refractivity contribution in [2.24, 2.45) is 0 Å². The lowest BCUT2D eigenvalue weighted by Gasteiger charge is -2.19. The zero-order valence-electron chi connectivity index (χ0n) is 11.3. The molecule has 0 saturated carbocycles. The second-order valence-corrected chi connectivity index (χ2v) is 6.51. The Balaban J connectivity index is 2.69. The monoisotopic (exact) mass is 320 g/mol. The number of hydrogen-bond donors (Lipinski definition) is 1. The summed E-state index contributed by atoms with van der Waals surface area (Å²) in [5.41, 5.74) is 0.444. The van der Waals surface area contributed by atoms with Crippen LogP contribution in [0, 0.1) is 0 Å². The first-order valence-electron chi connectivity index (χ1n) is 5.83. The van der Waals surface area contributed by atoms with Crippen molar-refractivity contribution < 1.29 is 17.9 Å². The molecule has 0 aliphatic heterocycles. The lowest BCUT2D eigenvalue weighted by atomic mass is 10.3. The van der Waals surface area contributed by atoms with Gasteiger partial charge in [-0.1, -0.05) is 23.7 Å². The maximum absolute atomic E-state index is 11.9. The number of carbonyl (C=O) groups excluding carboxylic acids is 1. The maximum atomic E-state index is 11.9. The molecule has 0 aliphatic carbocycles. The van der Waals surface area contributed by atoms with Crippen LogP contribution in [-0.4, -0.2) is 51.7 Å². The highest BCUT2D eigenvalue weighted by molar-refractivity contribution is 7.88. The van der Waals surface area contributed by atoms with Gasteiger partial charge in [0.05, 0.1) is 30.1 Å². The number of methoxy groups -OCH3 is 1. The molecule has 0 aliphatic rings. The summed E-state index contributed by atoms with van der Waals surface area (Å²) in [5, 5.41) is 2.96. The molecule has 8 heteroatoms. The third-order valence-electron chi connectivity index (χ3n) is 2.48. The van der Waals surface area contributed by atoms with Gasteiger partial charge in [0.15, 0.2) is 0 Å². The van der Waals surface area contributed by atoms with E-state index in [1.807, 2.05) is 0 Å². The highest BCUT2D eigenvalue weighted by Gasteiger charge is 2.20. The summed E-state index contributed by atoms with van der Waals surface area (Å²) in [6.07, 6.45) is 1.05. The van der Waals surface area contributed by atoms with E-state index in [4.69, 9.17) is 16.3 Å². The van der Waals surface area contributed by atoms with Crippen molar-refractivity contribution in [1.82, 2.24) is 4.31 Å². The fourth-order valence-corrected chi connectivity index (χ4v) is 2.41. The molecule has 6 nitrogen and oxygen atoms in total. The van der Waals surface area contributed by atoms with E-state index >= 15 is 0 Å². The second-order valence-electron chi connectivity index (χ2n) is 4.12. The van der Waals surface area contributed by atoms with Crippen LogP contribution in [0.5, 0.6) is 0 Å². The van der Waals surface area contributed by atoms with Crippen LogP contribution in [0.15, 0.2) is 24.3 Å². The Morgan fingerprint density at radius 1 is 1.40 bits per heavy atom. The van der Waals surface area contributed by atoms with Gasteiger partial charge >= 0.3 is 0 Å². The number of amides is 1. The first-order chi connectivity index (χ1) is 9.34. The first-order valence-corrected chi connectivity index (χ1v) is 8.05. The standard InChI is InChI=1S/C12H17ClN2O4S/c1-19-8-7-15(20(2,17)18)9-12(16)14-11-6-4-3-5-10(11)13/h3-6H,7-9H2,1-2H3,(H,14,16). The summed E-state index contributed by atoms with van der Waals surface area (Å²) >= 11 is 5.91. The molecule has 0 fully saturated rings. The van der Waals surface area contributed by atoms with Crippen molar-refractivity contribution in [3.63, 3.8) is 0 Å².